The van der Waals surface area contributed by atoms with E-state index in [1.54, 1.807) is 0 Å². The number of hydrogen-bond donors (Lipinski definition) is 0. The van der Waals surface area contributed by atoms with Gasteiger partial charge in [-0.25, -0.2) is 0 Å². The van der Waals surface area contributed by atoms with E-state index in [0.29, 0.717) is 11.9 Å². The molecule has 3 saturated heterocycles. The van der Waals surface area contributed by atoms with Crippen LogP contribution in [0.4, 0.5) is 0 Å². The van der Waals surface area contributed by atoms with E-state index in [1.807, 2.05) is 30.3 Å². The minimum Gasteiger partial charge on any atom is -0.494 e. The third-order valence-electron chi connectivity index (χ3n) is 6.46. The predicted molar refractivity (Wildman–Crippen MR) is 105 cm³/mol. The fourth-order valence-electron chi connectivity index (χ4n) is 4.97. The molecule has 148 valence electrons. The first kappa shape index (κ1) is 18.8. The zero-order valence-corrected chi connectivity index (χ0v) is 16.3. The number of carbonyl (C=O) groups is 1. The minimum atomic E-state index is -0.128. The van der Waals surface area contributed by atoms with Crippen LogP contribution in [0, 0.1) is 5.41 Å². The number of nitrogens with zero attached hydrogens (tertiary/aromatic N) is 2. The van der Waals surface area contributed by atoms with Gasteiger partial charge in [-0.2, -0.15) is 0 Å². The summed E-state index contributed by atoms with van der Waals surface area (Å²) in [5, 5.41) is 0. The van der Waals surface area contributed by atoms with Crippen LogP contribution in [0.15, 0.2) is 30.3 Å². The number of amides is 1. The van der Waals surface area contributed by atoms with Crippen LogP contribution in [0.1, 0.15) is 38.5 Å². The molecule has 1 amide bonds. The Labute approximate surface area is 162 Å². The molecule has 1 atom stereocenters. The summed E-state index contributed by atoms with van der Waals surface area (Å²) in [6.45, 7) is 6.25. The van der Waals surface area contributed by atoms with Crippen molar-refractivity contribution in [2.24, 2.45) is 5.41 Å². The average Bonchev–Trinajstić information content (AvgIpc) is 3.13. The molecule has 0 bridgehead atoms. The fourth-order valence-corrected chi connectivity index (χ4v) is 4.97. The summed E-state index contributed by atoms with van der Waals surface area (Å²) < 4.78 is 11.3. The molecule has 3 aliphatic rings. The monoisotopic (exact) mass is 372 g/mol. The SMILES string of the molecule is O=C1N(C2CCOCC2)CCC[C@@]12CCN(CCCOc1ccccc1)C2. The lowest BCUT2D eigenvalue weighted by Crippen LogP contribution is -2.54. The van der Waals surface area contributed by atoms with Crippen LogP contribution in [0.2, 0.25) is 0 Å². The van der Waals surface area contributed by atoms with Crippen molar-refractivity contribution in [3.05, 3.63) is 30.3 Å². The number of likely N-dealkylation sites (tertiary alicyclic amines) is 2. The molecule has 5 nitrogen and oxygen atoms in total. The molecular weight excluding hydrogens is 340 g/mol. The number of hydrogen-bond acceptors (Lipinski definition) is 4. The molecule has 27 heavy (non-hydrogen) atoms. The molecular formula is C22H32N2O3. The molecule has 5 heteroatoms. The Kier molecular flexibility index (Phi) is 5.98. The Morgan fingerprint density at radius 3 is 2.74 bits per heavy atom. The van der Waals surface area contributed by atoms with E-state index in [2.05, 4.69) is 9.80 Å². The highest BCUT2D eigenvalue weighted by atomic mass is 16.5. The highest BCUT2D eigenvalue weighted by Crippen LogP contribution is 2.41. The fraction of sp³-hybridized carbons (Fsp3) is 0.682. The average molecular weight is 373 g/mol. The van der Waals surface area contributed by atoms with E-state index >= 15 is 0 Å². The first-order valence-electron chi connectivity index (χ1n) is 10.6. The smallest absolute Gasteiger partial charge is 0.230 e. The standard InChI is InChI=1S/C22H32N2O3/c25-21-22(10-4-13-24(21)19-8-16-26-17-9-19)11-14-23(18-22)12-5-15-27-20-6-2-1-3-7-20/h1-3,6-7,19H,4-5,8-18H2/t22-/m0/s1. The van der Waals surface area contributed by atoms with Gasteiger partial charge in [0.1, 0.15) is 5.75 Å². The second-order valence-electron chi connectivity index (χ2n) is 8.27. The van der Waals surface area contributed by atoms with Gasteiger partial charge in [0.25, 0.3) is 0 Å². The zero-order chi connectivity index (χ0) is 18.5. The van der Waals surface area contributed by atoms with Gasteiger partial charge >= 0.3 is 0 Å². The van der Waals surface area contributed by atoms with E-state index < -0.39 is 0 Å². The Morgan fingerprint density at radius 1 is 1.11 bits per heavy atom. The summed E-state index contributed by atoms with van der Waals surface area (Å²) in [5.41, 5.74) is -0.128. The van der Waals surface area contributed by atoms with Crippen molar-refractivity contribution in [3.63, 3.8) is 0 Å². The van der Waals surface area contributed by atoms with Crippen LogP contribution in [-0.4, -0.2) is 67.7 Å². The van der Waals surface area contributed by atoms with Gasteiger partial charge in [-0.15, -0.1) is 0 Å². The molecule has 3 aliphatic heterocycles. The summed E-state index contributed by atoms with van der Waals surface area (Å²) in [6.07, 6.45) is 6.23. The van der Waals surface area contributed by atoms with Gasteiger partial charge in [0.15, 0.2) is 0 Å². The van der Waals surface area contributed by atoms with Crippen molar-refractivity contribution in [2.45, 2.75) is 44.6 Å². The van der Waals surface area contributed by atoms with E-state index in [-0.39, 0.29) is 5.41 Å². The maximum absolute atomic E-state index is 13.3. The first-order valence-corrected chi connectivity index (χ1v) is 10.6. The number of carbonyl (C=O) groups excluding carboxylic acids is 1. The van der Waals surface area contributed by atoms with Gasteiger partial charge in [0.2, 0.25) is 5.91 Å². The van der Waals surface area contributed by atoms with Crippen LogP contribution in [0.3, 0.4) is 0 Å². The summed E-state index contributed by atoms with van der Waals surface area (Å²) in [6, 6.07) is 10.4. The Bertz CT molecular complexity index is 617. The van der Waals surface area contributed by atoms with Crippen LogP contribution < -0.4 is 4.74 Å². The molecule has 1 aromatic carbocycles. The molecule has 3 fully saturated rings. The highest BCUT2D eigenvalue weighted by Gasteiger charge is 2.49. The van der Waals surface area contributed by atoms with Gasteiger partial charge in [-0.05, 0) is 57.2 Å². The largest absolute Gasteiger partial charge is 0.494 e. The molecule has 3 heterocycles. The molecule has 1 aromatic rings. The number of para-hydroxylation sites is 1. The maximum atomic E-state index is 13.3. The molecule has 0 aromatic heterocycles. The second-order valence-corrected chi connectivity index (χ2v) is 8.27. The lowest BCUT2D eigenvalue weighted by atomic mass is 9.77. The van der Waals surface area contributed by atoms with E-state index in [0.717, 1.165) is 90.3 Å². The third-order valence-corrected chi connectivity index (χ3v) is 6.46. The molecule has 1 spiro atoms. The van der Waals surface area contributed by atoms with E-state index in [4.69, 9.17) is 9.47 Å². The summed E-state index contributed by atoms with van der Waals surface area (Å²) in [7, 11) is 0. The van der Waals surface area contributed by atoms with Crippen LogP contribution in [0.5, 0.6) is 5.75 Å². The normalized spacial score (nSPS) is 27.4. The van der Waals surface area contributed by atoms with Gasteiger partial charge in [-0.1, -0.05) is 18.2 Å². The predicted octanol–water partition coefficient (Wildman–Crippen LogP) is 2.95. The van der Waals surface area contributed by atoms with Crippen LogP contribution in [0.25, 0.3) is 0 Å². The van der Waals surface area contributed by atoms with Gasteiger partial charge in [0, 0.05) is 38.9 Å². The number of ether oxygens (including phenoxy) is 2. The summed E-state index contributed by atoms with van der Waals surface area (Å²) in [4.78, 5) is 18.0. The lowest BCUT2D eigenvalue weighted by molar-refractivity contribution is -0.150. The van der Waals surface area contributed by atoms with Gasteiger partial charge < -0.3 is 19.3 Å². The van der Waals surface area contributed by atoms with Crippen molar-refractivity contribution in [1.29, 1.82) is 0 Å². The van der Waals surface area contributed by atoms with Gasteiger partial charge in [-0.3, -0.25) is 4.79 Å². The minimum absolute atomic E-state index is 0.128. The maximum Gasteiger partial charge on any atom is 0.230 e. The van der Waals surface area contributed by atoms with Crippen molar-refractivity contribution >= 4 is 5.91 Å². The topological polar surface area (TPSA) is 42.0 Å². The lowest BCUT2D eigenvalue weighted by Gasteiger charge is -2.44. The van der Waals surface area contributed by atoms with Crippen molar-refractivity contribution in [2.75, 3.05) is 46.0 Å². The zero-order valence-electron chi connectivity index (χ0n) is 16.3. The van der Waals surface area contributed by atoms with Crippen molar-refractivity contribution < 1.29 is 14.3 Å². The molecule has 0 aliphatic carbocycles. The quantitative estimate of drug-likeness (QED) is 0.720. The molecule has 0 unspecified atom stereocenters. The van der Waals surface area contributed by atoms with E-state index in [1.165, 1.54) is 0 Å². The first-order chi connectivity index (χ1) is 13.3. The summed E-state index contributed by atoms with van der Waals surface area (Å²) in [5.74, 6) is 1.36. The Hall–Kier alpha value is -1.59. The molecule has 0 saturated carbocycles. The van der Waals surface area contributed by atoms with Gasteiger partial charge in [0.05, 0.1) is 12.0 Å². The third kappa shape index (κ3) is 4.30. The summed E-state index contributed by atoms with van der Waals surface area (Å²) >= 11 is 0. The van der Waals surface area contributed by atoms with Crippen molar-refractivity contribution in [3.8, 4) is 5.75 Å². The van der Waals surface area contributed by atoms with Crippen LogP contribution >= 0.6 is 0 Å². The molecule has 0 N–H and O–H groups in total. The number of benzene rings is 1. The van der Waals surface area contributed by atoms with E-state index in [9.17, 15) is 4.79 Å². The van der Waals surface area contributed by atoms with Crippen LogP contribution in [-0.2, 0) is 9.53 Å². The Morgan fingerprint density at radius 2 is 1.93 bits per heavy atom. The Balaban J connectivity index is 1.26. The second kappa shape index (κ2) is 8.61. The highest BCUT2D eigenvalue weighted by molar-refractivity contribution is 5.84. The number of rotatable bonds is 6. The molecule has 0 radical (unpaired) electrons. The molecule has 4 rings (SSSR count). The van der Waals surface area contributed by atoms with Crippen molar-refractivity contribution in [1.82, 2.24) is 9.80 Å². The number of piperidine rings is 1.